The molecule has 0 aromatic heterocycles. The first-order valence-electron chi connectivity index (χ1n) is 29.8. The van der Waals surface area contributed by atoms with Crippen molar-refractivity contribution in [2.75, 3.05) is 77.6 Å². The number of hydrogen-bond acceptors (Lipinski definition) is 5. The number of nitrogens with two attached hydrogens (primary N) is 1. The third-order valence-electron chi connectivity index (χ3n) is 19.1. The average Bonchev–Trinajstić information content (AvgIpc) is 2.16. The van der Waals surface area contributed by atoms with Gasteiger partial charge >= 0.3 is 0 Å². The monoisotopic (exact) mass is 1150 g/mol. The smallest absolute Gasteiger partial charge is 0.199 e. The molecule has 0 fully saturated rings. The standard InChI is InChI=1S/C25H30N2Si.C25H28N2Si.C24H30N2Si/c2*1-17-9-7-8-10-20(17)25-21-13-11-18(26-2)15-23(21)28(5,6)24-16-19(27(3)4)12-14-22(24)25;1-16-8-6-7-9-19(16)24-20-12-10-17(25)14-22(20)27(4,5)23-15-18(26(2)3)11-13-21(23)24/h7-16,25-26H,1-6H3;7-16H,1-6H3;6-15,21,23-24H,25H2,1-5H3/p+1. The van der Waals surface area contributed by atoms with E-state index in [9.17, 15) is 0 Å². The molecule has 0 saturated carbocycles. The van der Waals surface area contributed by atoms with E-state index in [1.807, 2.05) is 14.1 Å². The highest BCUT2D eigenvalue weighted by molar-refractivity contribution is 7.01. The third kappa shape index (κ3) is 10.7. The van der Waals surface area contributed by atoms with E-state index in [1.165, 1.54) is 111 Å². The predicted molar refractivity (Wildman–Crippen MR) is 369 cm³/mol. The number of fused-ring (bicyclic) bond motifs is 6. The van der Waals surface area contributed by atoms with Gasteiger partial charge in [-0.3, -0.25) is 0 Å². The van der Waals surface area contributed by atoms with Crippen LogP contribution in [0.3, 0.4) is 0 Å². The molecule has 3 aliphatic heterocycles. The van der Waals surface area contributed by atoms with Crippen molar-refractivity contribution in [2.45, 2.75) is 77.4 Å². The molecule has 6 nitrogen and oxygen atoms in total. The Morgan fingerprint density at radius 3 is 1.71 bits per heavy atom. The number of benzene rings is 7. The normalized spacial score (nSPS) is 19.7. The van der Waals surface area contributed by atoms with E-state index >= 15 is 0 Å². The molecule has 2 aliphatic carbocycles. The van der Waals surface area contributed by atoms with Gasteiger partial charge in [0.05, 0.1) is 8.07 Å². The molecule has 0 bridgehead atoms. The van der Waals surface area contributed by atoms with Gasteiger partial charge in [0.2, 0.25) is 0 Å². The van der Waals surface area contributed by atoms with Crippen molar-refractivity contribution in [3.05, 3.63) is 254 Å². The molecular formula is C74H89N6Si3+. The van der Waals surface area contributed by atoms with Crippen LogP contribution in [-0.2, 0) is 0 Å². The summed E-state index contributed by atoms with van der Waals surface area (Å²) in [5, 5.41) is 14.4. The largest absolute Gasteiger partial charge is 0.399 e. The second-order valence-corrected chi connectivity index (χ2v) is 39.2. The number of anilines is 4. The zero-order valence-electron chi connectivity index (χ0n) is 52.5. The van der Waals surface area contributed by atoms with Crippen molar-refractivity contribution in [1.82, 2.24) is 4.90 Å². The van der Waals surface area contributed by atoms with Gasteiger partial charge in [-0.15, -0.1) is 0 Å². The van der Waals surface area contributed by atoms with Crippen LogP contribution < -0.4 is 42.0 Å². The fraction of sp³-hybridized carbons (Fsp3) is 0.284. The van der Waals surface area contributed by atoms with Gasteiger partial charge in [0.1, 0.15) is 30.2 Å². The molecule has 7 aromatic carbocycles. The predicted octanol–water partition coefficient (Wildman–Crippen LogP) is 13.6. The quantitative estimate of drug-likeness (QED) is 0.0843. The summed E-state index contributed by atoms with van der Waals surface area (Å²) < 4.78 is 2.21. The lowest BCUT2D eigenvalue weighted by Crippen LogP contribution is -2.59. The van der Waals surface area contributed by atoms with Crippen LogP contribution in [0.4, 0.5) is 22.7 Å². The molecule has 3 heterocycles. The summed E-state index contributed by atoms with van der Waals surface area (Å²) in [6, 6.07) is 54.2. The molecule has 4 N–H and O–H groups in total. The lowest BCUT2D eigenvalue weighted by Gasteiger charge is -2.48. The van der Waals surface area contributed by atoms with Gasteiger partial charge < -0.3 is 26.2 Å². The summed E-state index contributed by atoms with van der Waals surface area (Å²) in [6.07, 6.45) is 14.4. The lowest BCUT2D eigenvalue weighted by molar-refractivity contribution is -0.462. The lowest BCUT2D eigenvalue weighted by atomic mass is 9.75. The maximum absolute atomic E-state index is 6.25. The zero-order chi connectivity index (χ0) is 59.4. The molecule has 12 rings (SSSR count). The Morgan fingerprint density at radius 2 is 1.10 bits per heavy atom. The summed E-state index contributed by atoms with van der Waals surface area (Å²) >= 11 is 0. The Balaban J connectivity index is 0.000000139. The van der Waals surface area contributed by atoms with Gasteiger partial charge in [-0.25, -0.2) is 4.58 Å². The van der Waals surface area contributed by atoms with Crippen molar-refractivity contribution < 1.29 is 4.58 Å². The molecule has 0 saturated heterocycles. The summed E-state index contributed by atoms with van der Waals surface area (Å²) in [5.74, 6) is 1.20. The first-order chi connectivity index (χ1) is 39.5. The number of nitrogens with zero attached hydrogens (tertiary/aromatic N) is 3. The minimum Gasteiger partial charge on any atom is -0.399 e. The number of rotatable bonds is 7. The highest BCUT2D eigenvalue weighted by atomic mass is 28.3. The highest BCUT2D eigenvalue weighted by Gasteiger charge is 2.49. The summed E-state index contributed by atoms with van der Waals surface area (Å²) in [4.78, 5) is 4.45. The SMILES string of the molecule is CNc1ccc2c(c1)[Si](C)(C)C1=CC(=[N+](C)C)C=CC1=C2c1ccccc1C.CNc1ccc2c(c1)[Si](C)(C)c1cc(N(C)C)ccc1C2c1ccccc1C.Cc1ccccc1C1c2ccc(N)cc2[Si](C)(C)C2C=C(N(C)C)C=CC12. The van der Waals surface area contributed by atoms with Crippen LogP contribution in [0.5, 0.6) is 0 Å². The maximum atomic E-state index is 6.25. The number of aryl methyl sites for hydroxylation is 3. The number of nitrogen functional groups attached to an aromatic ring is 1. The van der Waals surface area contributed by atoms with E-state index < -0.39 is 24.2 Å². The molecule has 4 atom stereocenters. The topological polar surface area (TPSA) is 59.6 Å². The molecule has 0 amide bonds. The van der Waals surface area contributed by atoms with Crippen molar-refractivity contribution in [1.29, 1.82) is 0 Å². The van der Waals surface area contributed by atoms with Gasteiger partial charge in [-0.2, -0.15) is 0 Å². The van der Waals surface area contributed by atoms with Crippen molar-refractivity contribution >= 4 is 79.0 Å². The number of likely N-dealkylation sites (N-methyl/N-ethyl adjacent to an activating group) is 1. The summed E-state index contributed by atoms with van der Waals surface area (Å²) in [5.41, 5.74) is 30.9. The number of allylic oxidation sites excluding steroid dienone is 8. The van der Waals surface area contributed by atoms with Crippen LogP contribution in [0, 0.1) is 26.7 Å². The Labute approximate surface area is 500 Å². The Hall–Kier alpha value is -7.44. The van der Waals surface area contributed by atoms with E-state index in [2.05, 4.69) is 309 Å². The van der Waals surface area contributed by atoms with Crippen LogP contribution in [0.15, 0.2) is 199 Å². The second-order valence-electron chi connectivity index (χ2n) is 25.9. The Kier molecular flexibility index (Phi) is 16.3. The van der Waals surface area contributed by atoms with Crippen LogP contribution in [0.1, 0.15) is 67.5 Å². The third-order valence-corrected chi connectivity index (χ3v) is 30.2. The van der Waals surface area contributed by atoms with Gasteiger partial charge in [-0.1, -0.05) is 154 Å². The zero-order valence-corrected chi connectivity index (χ0v) is 55.5. The first-order valence-corrected chi connectivity index (χ1v) is 38.9. The van der Waals surface area contributed by atoms with Crippen LogP contribution in [0.2, 0.25) is 44.8 Å². The molecule has 5 aliphatic rings. The molecule has 0 radical (unpaired) electrons. The molecule has 426 valence electrons. The van der Waals surface area contributed by atoms with E-state index in [0.717, 1.165) is 5.69 Å². The minimum atomic E-state index is -1.84. The van der Waals surface area contributed by atoms with Gasteiger partial charge in [0.15, 0.2) is 5.71 Å². The highest BCUT2D eigenvalue weighted by Crippen LogP contribution is 2.52. The van der Waals surface area contributed by atoms with Gasteiger partial charge in [-0.05, 0) is 180 Å². The number of hydrogen-bond donors (Lipinski definition) is 3. The molecular weight excluding hydrogens is 1060 g/mol. The summed E-state index contributed by atoms with van der Waals surface area (Å²) in [7, 11) is 11.4. The second kappa shape index (κ2) is 23.0. The van der Waals surface area contributed by atoms with Crippen LogP contribution >= 0.6 is 0 Å². The fourth-order valence-electron chi connectivity index (χ4n) is 14.2. The first kappa shape index (κ1) is 58.7. The van der Waals surface area contributed by atoms with Crippen LogP contribution in [-0.4, -0.2) is 95.8 Å². The van der Waals surface area contributed by atoms with E-state index in [0.29, 0.717) is 23.3 Å². The Bertz CT molecular complexity index is 3860. The molecule has 83 heavy (non-hydrogen) atoms. The number of nitrogens with one attached hydrogen (secondary N) is 2. The maximum Gasteiger partial charge on any atom is 0.199 e. The minimum absolute atomic E-state index is 0.300. The molecule has 7 aromatic rings. The summed E-state index contributed by atoms with van der Waals surface area (Å²) in [6.45, 7) is 21.7. The van der Waals surface area contributed by atoms with Crippen molar-refractivity contribution in [2.24, 2.45) is 5.92 Å². The van der Waals surface area contributed by atoms with Crippen LogP contribution in [0.25, 0.3) is 5.57 Å². The molecule has 0 spiro atoms. The van der Waals surface area contributed by atoms with E-state index in [-0.39, 0.29) is 0 Å². The fourth-order valence-corrected chi connectivity index (χ4v) is 24.2. The van der Waals surface area contributed by atoms with Crippen molar-refractivity contribution in [3.8, 4) is 0 Å². The van der Waals surface area contributed by atoms with Crippen molar-refractivity contribution in [3.63, 3.8) is 0 Å². The van der Waals surface area contributed by atoms with Gasteiger partial charge in [0, 0.05) is 94.7 Å². The average molecular weight is 1150 g/mol. The van der Waals surface area contributed by atoms with Gasteiger partial charge in [0.25, 0.3) is 0 Å². The van der Waals surface area contributed by atoms with E-state index in [1.54, 1.807) is 10.4 Å². The Morgan fingerprint density at radius 1 is 0.518 bits per heavy atom. The van der Waals surface area contributed by atoms with E-state index in [4.69, 9.17) is 5.73 Å². The molecule has 9 heteroatoms. The molecule has 4 unspecified atom stereocenters.